The molecule has 0 aliphatic rings. The van der Waals surface area contributed by atoms with Crippen molar-refractivity contribution >= 4 is 32.7 Å². The minimum absolute atomic E-state index is 0.853. The van der Waals surface area contributed by atoms with E-state index in [1.165, 1.54) is 5.39 Å². The van der Waals surface area contributed by atoms with Gasteiger partial charge in [-0.1, -0.05) is 36.4 Å². The van der Waals surface area contributed by atoms with Crippen LogP contribution in [0.15, 0.2) is 59.0 Å². The molecule has 1 heterocycles. The first-order valence-corrected chi connectivity index (χ1v) is 6.25. The average Bonchev–Trinajstić information content (AvgIpc) is 2.86. The molecule has 0 unspecified atom stereocenters. The van der Waals surface area contributed by atoms with Crippen LogP contribution in [0.1, 0.15) is 0 Å². The van der Waals surface area contributed by atoms with E-state index in [4.69, 9.17) is 9.15 Å². The fraction of sp³-hybridized carbons (Fsp3) is 0.0588. The number of furan rings is 1. The predicted molar refractivity (Wildman–Crippen MR) is 77.8 cm³/mol. The molecule has 19 heavy (non-hydrogen) atoms. The second-order valence-electron chi connectivity index (χ2n) is 4.60. The predicted octanol–water partition coefficient (Wildman–Crippen LogP) is 4.75. The number of ether oxygens (including phenoxy) is 1. The van der Waals surface area contributed by atoms with Crippen LogP contribution < -0.4 is 4.74 Å². The molecular formula is C17H12O2. The van der Waals surface area contributed by atoms with Crippen molar-refractivity contribution in [3.63, 3.8) is 0 Å². The van der Waals surface area contributed by atoms with Crippen LogP contribution in [0, 0.1) is 0 Å². The monoisotopic (exact) mass is 248 g/mol. The van der Waals surface area contributed by atoms with E-state index in [1.54, 1.807) is 7.11 Å². The van der Waals surface area contributed by atoms with Gasteiger partial charge in [0, 0.05) is 10.8 Å². The first-order chi connectivity index (χ1) is 9.38. The van der Waals surface area contributed by atoms with Crippen molar-refractivity contribution in [1.82, 2.24) is 0 Å². The lowest BCUT2D eigenvalue weighted by Gasteiger charge is -2.00. The van der Waals surface area contributed by atoms with Crippen LogP contribution in [-0.2, 0) is 0 Å². The van der Waals surface area contributed by atoms with E-state index >= 15 is 0 Å². The second kappa shape index (κ2) is 3.75. The van der Waals surface area contributed by atoms with Crippen LogP contribution in [0.2, 0.25) is 0 Å². The normalized spacial score (nSPS) is 11.4. The van der Waals surface area contributed by atoms with E-state index in [9.17, 15) is 0 Å². The molecule has 0 spiro atoms. The van der Waals surface area contributed by atoms with E-state index in [0.29, 0.717) is 0 Å². The zero-order valence-corrected chi connectivity index (χ0v) is 10.5. The lowest BCUT2D eigenvalue weighted by molar-refractivity contribution is 0.420. The lowest BCUT2D eigenvalue weighted by Crippen LogP contribution is -1.82. The van der Waals surface area contributed by atoms with Crippen LogP contribution in [0.5, 0.6) is 5.75 Å². The SMILES string of the molecule is COc1cccc2oc3c4ccccc4ccc3c12. The van der Waals surface area contributed by atoms with E-state index in [2.05, 4.69) is 24.3 Å². The highest BCUT2D eigenvalue weighted by molar-refractivity contribution is 6.16. The smallest absolute Gasteiger partial charge is 0.143 e. The van der Waals surface area contributed by atoms with Crippen molar-refractivity contribution in [3.8, 4) is 5.75 Å². The molecule has 0 atom stereocenters. The zero-order valence-electron chi connectivity index (χ0n) is 10.5. The highest BCUT2D eigenvalue weighted by Crippen LogP contribution is 2.38. The lowest BCUT2D eigenvalue weighted by atomic mass is 10.1. The van der Waals surface area contributed by atoms with Crippen molar-refractivity contribution < 1.29 is 9.15 Å². The Labute approximate surface area is 110 Å². The molecule has 92 valence electrons. The summed E-state index contributed by atoms with van der Waals surface area (Å²) in [5.74, 6) is 0.853. The molecule has 2 nitrogen and oxygen atoms in total. The molecule has 0 amide bonds. The summed E-state index contributed by atoms with van der Waals surface area (Å²) in [5, 5.41) is 4.48. The third-order valence-electron chi connectivity index (χ3n) is 3.57. The standard InChI is InChI=1S/C17H12O2/c1-18-14-7-4-8-15-16(14)13-10-9-11-5-2-3-6-12(11)17(13)19-15/h2-10H,1H3. The summed E-state index contributed by atoms with van der Waals surface area (Å²) in [4.78, 5) is 0. The van der Waals surface area contributed by atoms with Crippen molar-refractivity contribution in [2.24, 2.45) is 0 Å². The summed E-state index contributed by atoms with van der Waals surface area (Å²) in [6.07, 6.45) is 0. The Hall–Kier alpha value is -2.48. The molecule has 0 saturated heterocycles. The van der Waals surface area contributed by atoms with Gasteiger partial charge in [0.25, 0.3) is 0 Å². The van der Waals surface area contributed by atoms with Gasteiger partial charge in [0.15, 0.2) is 0 Å². The Bertz CT molecular complexity index is 903. The number of benzene rings is 3. The van der Waals surface area contributed by atoms with Crippen LogP contribution in [0.25, 0.3) is 32.7 Å². The molecule has 3 aromatic carbocycles. The van der Waals surface area contributed by atoms with Crippen molar-refractivity contribution in [3.05, 3.63) is 54.6 Å². The van der Waals surface area contributed by atoms with Gasteiger partial charge >= 0.3 is 0 Å². The Morgan fingerprint density at radius 3 is 2.63 bits per heavy atom. The molecule has 0 aliphatic heterocycles. The molecule has 4 aromatic rings. The summed E-state index contributed by atoms with van der Waals surface area (Å²) in [5.41, 5.74) is 1.79. The van der Waals surface area contributed by atoms with Crippen LogP contribution >= 0.6 is 0 Å². The fourth-order valence-electron chi connectivity index (χ4n) is 2.69. The molecular weight excluding hydrogens is 236 g/mol. The summed E-state index contributed by atoms with van der Waals surface area (Å²) in [7, 11) is 1.69. The van der Waals surface area contributed by atoms with Crippen LogP contribution in [0.4, 0.5) is 0 Å². The topological polar surface area (TPSA) is 22.4 Å². The second-order valence-corrected chi connectivity index (χ2v) is 4.60. The van der Waals surface area contributed by atoms with E-state index in [1.807, 2.05) is 30.3 Å². The fourth-order valence-corrected chi connectivity index (χ4v) is 2.69. The molecule has 4 rings (SSSR count). The maximum atomic E-state index is 6.03. The molecule has 1 aromatic heterocycles. The van der Waals surface area contributed by atoms with Gasteiger partial charge in [-0.2, -0.15) is 0 Å². The van der Waals surface area contributed by atoms with Crippen molar-refractivity contribution in [2.75, 3.05) is 7.11 Å². The zero-order chi connectivity index (χ0) is 12.8. The van der Waals surface area contributed by atoms with Gasteiger partial charge in [-0.15, -0.1) is 0 Å². The first kappa shape index (κ1) is 10.4. The average molecular weight is 248 g/mol. The van der Waals surface area contributed by atoms with Crippen LogP contribution in [0.3, 0.4) is 0 Å². The maximum absolute atomic E-state index is 6.03. The number of fused-ring (bicyclic) bond motifs is 5. The number of rotatable bonds is 1. The summed E-state index contributed by atoms with van der Waals surface area (Å²) < 4.78 is 11.5. The minimum atomic E-state index is 0.853. The molecule has 0 radical (unpaired) electrons. The Balaban J connectivity index is 2.28. The molecule has 0 fully saturated rings. The molecule has 0 saturated carbocycles. The van der Waals surface area contributed by atoms with Gasteiger partial charge in [0.05, 0.1) is 12.5 Å². The largest absolute Gasteiger partial charge is 0.496 e. The Morgan fingerprint density at radius 1 is 0.842 bits per heavy atom. The first-order valence-electron chi connectivity index (χ1n) is 6.25. The summed E-state index contributed by atoms with van der Waals surface area (Å²) in [6, 6.07) is 18.4. The number of hydrogen-bond acceptors (Lipinski definition) is 2. The van der Waals surface area contributed by atoms with E-state index in [-0.39, 0.29) is 0 Å². The van der Waals surface area contributed by atoms with Gasteiger partial charge in [-0.05, 0) is 23.6 Å². The van der Waals surface area contributed by atoms with Gasteiger partial charge in [-0.3, -0.25) is 0 Å². The molecule has 2 heteroatoms. The highest BCUT2D eigenvalue weighted by Gasteiger charge is 2.13. The maximum Gasteiger partial charge on any atom is 0.143 e. The number of methoxy groups -OCH3 is 1. The highest BCUT2D eigenvalue weighted by atomic mass is 16.5. The van der Waals surface area contributed by atoms with E-state index in [0.717, 1.165) is 33.1 Å². The van der Waals surface area contributed by atoms with Gasteiger partial charge in [-0.25, -0.2) is 0 Å². The Morgan fingerprint density at radius 2 is 1.74 bits per heavy atom. The van der Waals surface area contributed by atoms with Gasteiger partial charge in [0.1, 0.15) is 16.9 Å². The van der Waals surface area contributed by atoms with Gasteiger partial charge in [0.2, 0.25) is 0 Å². The van der Waals surface area contributed by atoms with Crippen molar-refractivity contribution in [1.29, 1.82) is 0 Å². The molecule has 0 bridgehead atoms. The van der Waals surface area contributed by atoms with E-state index < -0.39 is 0 Å². The van der Waals surface area contributed by atoms with Crippen molar-refractivity contribution in [2.45, 2.75) is 0 Å². The minimum Gasteiger partial charge on any atom is -0.496 e. The summed E-state index contributed by atoms with van der Waals surface area (Å²) in [6.45, 7) is 0. The molecule has 0 N–H and O–H groups in total. The number of hydrogen-bond donors (Lipinski definition) is 0. The van der Waals surface area contributed by atoms with Crippen LogP contribution in [-0.4, -0.2) is 7.11 Å². The van der Waals surface area contributed by atoms with Gasteiger partial charge < -0.3 is 9.15 Å². The third-order valence-corrected chi connectivity index (χ3v) is 3.57. The Kier molecular flexibility index (Phi) is 2.06. The quantitative estimate of drug-likeness (QED) is 0.485. The molecule has 0 aliphatic carbocycles. The summed E-state index contributed by atoms with van der Waals surface area (Å²) >= 11 is 0. The third kappa shape index (κ3) is 1.37.